The van der Waals surface area contributed by atoms with Crippen LogP contribution in [0, 0.1) is 0 Å². The van der Waals surface area contributed by atoms with Crippen molar-refractivity contribution < 1.29 is 0 Å². The Morgan fingerprint density at radius 2 is 2.24 bits per heavy atom. The Morgan fingerprint density at radius 3 is 2.86 bits per heavy atom. The van der Waals surface area contributed by atoms with Crippen molar-refractivity contribution in [2.75, 3.05) is 27.2 Å². The second-order valence-electron chi connectivity index (χ2n) is 5.19. The lowest BCUT2D eigenvalue weighted by molar-refractivity contribution is 0.364. The van der Waals surface area contributed by atoms with Crippen LogP contribution in [0.15, 0.2) is 16.9 Å². The molecule has 0 aliphatic heterocycles. The highest BCUT2D eigenvalue weighted by Gasteiger charge is 2.23. The number of halogens is 1. The number of H-pyrrole nitrogens is 1. The fourth-order valence-electron chi connectivity index (χ4n) is 2.11. The quantitative estimate of drug-likeness (QED) is 0.748. The molecule has 0 radical (unpaired) electrons. The van der Waals surface area contributed by atoms with Crippen molar-refractivity contribution >= 4 is 15.9 Å². The van der Waals surface area contributed by atoms with Gasteiger partial charge in [-0.2, -0.15) is 20.5 Å². The minimum absolute atomic E-state index is 0.0252. The monoisotopic (exact) mass is 355 g/mol. The molecule has 0 aliphatic rings. The number of hydrogen-bond donors (Lipinski definition) is 2. The van der Waals surface area contributed by atoms with Gasteiger partial charge < -0.3 is 10.2 Å². The van der Waals surface area contributed by atoms with E-state index in [2.05, 4.69) is 67.7 Å². The van der Waals surface area contributed by atoms with Crippen LogP contribution in [-0.2, 0) is 6.54 Å². The van der Waals surface area contributed by atoms with E-state index in [1.54, 1.807) is 6.20 Å². The first-order valence-electron chi connectivity index (χ1n) is 7.08. The van der Waals surface area contributed by atoms with Gasteiger partial charge in [-0.15, -0.1) is 0 Å². The first kappa shape index (κ1) is 16.1. The third-order valence-electron chi connectivity index (χ3n) is 3.19. The summed E-state index contributed by atoms with van der Waals surface area (Å²) in [5.74, 6) is 0. The molecular formula is C13H22BrN7. The molecule has 2 aromatic rings. The summed E-state index contributed by atoms with van der Waals surface area (Å²) in [6, 6.07) is -0.0252. The lowest BCUT2D eigenvalue weighted by Gasteiger charge is -2.19. The normalized spacial score (nSPS) is 13.0. The summed E-state index contributed by atoms with van der Waals surface area (Å²) in [4.78, 5) is 2.14. The summed E-state index contributed by atoms with van der Waals surface area (Å²) in [5, 5.41) is 18.8. The highest BCUT2D eigenvalue weighted by Crippen LogP contribution is 2.27. The maximum absolute atomic E-state index is 4.47. The van der Waals surface area contributed by atoms with E-state index >= 15 is 0 Å². The highest BCUT2D eigenvalue weighted by molar-refractivity contribution is 9.10. The van der Waals surface area contributed by atoms with Crippen LogP contribution in [0.25, 0.3) is 0 Å². The average molecular weight is 356 g/mol. The SMILES string of the molecule is CCCNC(c1cn[nH]n1)c1c(Br)cnn1CCN(C)C. The molecule has 116 valence electrons. The first-order valence-corrected chi connectivity index (χ1v) is 7.87. The predicted molar refractivity (Wildman–Crippen MR) is 85.0 cm³/mol. The van der Waals surface area contributed by atoms with Gasteiger partial charge in [0.15, 0.2) is 0 Å². The van der Waals surface area contributed by atoms with Gasteiger partial charge in [0.2, 0.25) is 0 Å². The van der Waals surface area contributed by atoms with Crippen molar-refractivity contribution in [1.82, 2.24) is 35.4 Å². The van der Waals surface area contributed by atoms with Gasteiger partial charge >= 0.3 is 0 Å². The van der Waals surface area contributed by atoms with Crippen LogP contribution in [0.4, 0.5) is 0 Å². The standard InChI is InChI=1S/C13H22BrN7/c1-4-5-15-12(11-9-16-19-18-11)13-10(14)8-17-21(13)7-6-20(2)3/h8-9,12,15H,4-7H2,1-3H3,(H,16,18,19). The van der Waals surface area contributed by atoms with Crippen LogP contribution in [-0.4, -0.2) is 57.3 Å². The van der Waals surface area contributed by atoms with Crippen LogP contribution in [0.5, 0.6) is 0 Å². The molecule has 1 atom stereocenters. The van der Waals surface area contributed by atoms with Gasteiger partial charge in [0.1, 0.15) is 5.69 Å². The second kappa shape index (κ2) is 7.67. The van der Waals surface area contributed by atoms with Gasteiger partial charge in [0, 0.05) is 6.54 Å². The van der Waals surface area contributed by atoms with Gasteiger partial charge in [0.05, 0.1) is 35.1 Å². The number of aromatic amines is 1. The zero-order chi connectivity index (χ0) is 15.2. The lowest BCUT2D eigenvalue weighted by atomic mass is 10.1. The Labute approximate surface area is 133 Å². The molecule has 8 heteroatoms. The molecule has 0 amide bonds. The zero-order valence-electron chi connectivity index (χ0n) is 12.7. The van der Waals surface area contributed by atoms with E-state index in [0.29, 0.717) is 0 Å². The van der Waals surface area contributed by atoms with Crippen molar-refractivity contribution in [3.63, 3.8) is 0 Å². The predicted octanol–water partition coefficient (Wildman–Crippen LogP) is 1.41. The smallest absolute Gasteiger partial charge is 0.106 e. The molecule has 0 saturated carbocycles. The van der Waals surface area contributed by atoms with Crippen molar-refractivity contribution in [3.8, 4) is 0 Å². The van der Waals surface area contributed by atoms with Crippen LogP contribution in [0.3, 0.4) is 0 Å². The highest BCUT2D eigenvalue weighted by atomic mass is 79.9. The van der Waals surface area contributed by atoms with Crippen LogP contribution < -0.4 is 5.32 Å². The van der Waals surface area contributed by atoms with Gasteiger partial charge in [-0.3, -0.25) is 4.68 Å². The van der Waals surface area contributed by atoms with Crippen LogP contribution >= 0.6 is 15.9 Å². The summed E-state index contributed by atoms with van der Waals surface area (Å²) in [5.41, 5.74) is 1.95. The summed E-state index contributed by atoms with van der Waals surface area (Å²) >= 11 is 3.61. The number of aromatic nitrogens is 5. The Kier molecular flexibility index (Phi) is 5.89. The third-order valence-corrected chi connectivity index (χ3v) is 3.80. The number of likely N-dealkylation sites (N-methyl/N-ethyl adjacent to an activating group) is 1. The molecule has 21 heavy (non-hydrogen) atoms. The average Bonchev–Trinajstić information content (AvgIpc) is 3.09. The first-order chi connectivity index (χ1) is 10.1. The maximum Gasteiger partial charge on any atom is 0.106 e. The Bertz CT molecular complexity index is 535. The molecule has 0 aliphatic carbocycles. The van der Waals surface area contributed by atoms with Gasteiger partial charge in [-0.25, -0.2) is 0 Å². The molecule has 1 unspecified atom stereocenters. The molecule has 2 aromatic heterocycles. The molecule has 2 N–H and O–H groups in total. The third kappa shape index (κ3) is 4.12. The van der Waals surface area contributed by atoms with Crippen molar-refractivity contribution in [3.05, 3.63) is 28.3 Å². The molecule has 7 nitrogen and oxygen atoms in total. The summed E-state index contributed by atoms with van der Waals surface area (Å²) in [7, 11) is 4.12. The molecule has 0 saturated heterocycles. The van der Waals surface area contributed by atoms with E-state index in [0.717, 1.165) is 41.9 Å². The van der Waals surface area contributed by atoms with Crippen molar-refractivity contribution in [2.45, 2.75) is 25.9 Å². The van der Waals surface area contributed by atoms with Crippen molar-refractivity contribution in [2.24, 2.45) is 0 Å². The summed E-state index contributed by atoms with van der Waals surface area (Å²) in [6.07, 6.45) is 4.65. The number of rotatable bonds is 8. The van der Waals surface area contributed by atoms with Crippen LogP contribution in [0.2, 0.25) is 0 Å². The summed E-state index contributed by atoms with van der Waals surface area (Å²) in [6.45, 7) is 4.81. The minimum atomic E-state index is -0.0252. The molecule has 0 spiro atoms. The zero-order valence-corrected chi connectivity index (χ0v) is 14.3. The molecule has 0 aromatic carbocycles. The van der Waals surface area contributed by atoms with E-state index in [-0.39, 0.29) is 6.04 Å². The number of nitrogens with one attached hydrogen (secondary N) is 2. The lowest BCUT2D eigenvalue weighted by Crippen LogP contribution is -2.28. The van der Waals surface area contributed by atoms with Crippen LogP contribution in [0.1, 0.15) is 30.8 Å². The number of nitrogens with zero attached hydrogens (tertiary/aromatic N) is 5. The molecule has 0 bridgehead atoms. The van der Waals surface area contributed by atoms with Gasteiger partial charge in [-0.1, -0.05) is 6.92 Å². The largest absolute Gasteiger partial charge is 0.308 e. The van der Waals surface area contributed by atoms with Gasteiger partial charge in [-0.05, 0) is 43.0 Å². The Hall–Kier alpha value is -1.25. The van der Waals surface area contributed by atoms with Crippen molar-refractivity contribution in [1.29, 1.82) is 0 Å². The molecular weight excluding hydrogens is 334 g/mol. The van der Waals surface area contributed by atoms with Gasteiger partial charge in [0.25, 0.3) is 0 Å². The maximum atomic E-state index is 4.47. The fraction of sp³-hybridized carbons (Fsp3) is 0.615. The van der Waals surface area contributed by atoms with E-state index in [1.807, 2.05) is 10.9 Å². The van der Waals surface area contributed by atoms with E-state index < -0.39 is 0 Å². The second-order valence-corrected chi connectivity index (χ2v) is 6.04. The molecule has 0 fully saturated rings. The fourth-order valence-corrected chi connectivity index (χ4v) is 2.64. The Morgan fingerprint density at radius 1 is 1.43 bits per heavy atom. The van der Waals surface area contributed by atoms with E-state index in [4.69, 9.17) is 0 Å². The summed E-state index contributed by atoms with van der Waals surface area (Å²) < 4.78 is 3.00. The Balaban J connectivity index is 2.28. The van der Waals surface area contributed by atoms with E-state index in [9.17, 15) is 0 Å². The minimum Gasteiger partial charge on any atom is -0.308 e. The number of hydrogen-bond acceptors (Lipinski definition) is 5. The molecule has 2 heterocycles. The topological polar surface area (TPSA) is 74.7 Å². The van der Waals surface area contributed by atoms with E-state index in [1.165, 1.54) is 0 Å². The molecule has 2 rings (SSSR count).